The summed E-state index contributed by atoms with van der Waals surface area (Å²) in [6, 6.07) is 3.55. The van der Waals surface area contributed by atoms with Gasteiger partial charge in [-0.3, -0.25) is 10.1 Å². The summed E-state index contributed by atoms with van der Waals surface area (Å²) in [5.41, 5.74) is 6.91. The lowest BCUT2D eigenvalue weighted by Gasteiger charge is -1.97. The second-order valence-electron chi connectivity index (χ2n) is 2.69. The van der Waals surface area contributed by atoms with E-state index >= 15 is 0 Å². The van der Waals surface area contributed by atoms with Crippen LogP contribution in [0.25, 0.3) is 11.5 Å². The fraction of sp³-hybridized carbons (Fsp3) is 0.125. The van der Waals surface area contributed by atoms with Crippen LogP contribution in [0.3, 0.4) is 0 Å². The third-order valence-corrected chi connectivity index (χ3v) is 1.65. The van der Waals surface area contributed by atoms with Crippen molar-refractivity contribution in [3.8, 4) is 11.5 Å². The first-order valence-corrected chi connectivity index (χ1v) is 3.87. The summed E-state index contributed by atoms with van der Waals surface area (Å²) < 4.78 is 0. The van der Waals surface area contributed by atoms with E-state index in [9.17, 15) is 0 Å². The number of aryl methyl sites for hydroxylation is 1. The number of nitrogens with zero attached hydrogens (tertiary/aromatic N) is 3. The molecule has 0 unspecified atom stereocenters. The predicted molar refractivity (Wildman–Crippen MR) is 48.8 cm³/mol. The highest BCUT2D eigenvalue weighted by atomic mass is 15.2. The topological polar surface area (TPSA) is 80.5 Å². The second kappa shape index (κ2) is 2.85. The summed E-state index contributed by atoms with van der Waals surface area (Å²) in [5.74, 6) is 1.29. The Balaban J connectivity index is 2.52. The Bertz CT molecular complexity index is 420. The van der Waals surface area contributed by atoms with E-state index in [4.69, 9.17) is 5.73 Å². The molecule has 0 atom stereocenters. The highest BCUT2D eigenvalue weighted by molar-refractivity contribution is 5.66. The summed E-state index contributed by atoms with van der Waals surface area (Å²) in [7, 11) is 0. The molecule has 0 fully saturated rings. The lowest BCUT2D eigenvalue weighted by Crippen LogP contribution is -1.93. The van der Waals surface area contributed by atoms with Crippen LogP contribution in [-0.2, 0) is 0 Å². The van der Waals surface area contributed by atoms with Crippen molar-refractivity contribution in [2.75, 3.05) is 5.73 Å². The molecule has 2 aromatic rings. The summed E-state index contributed by atoms with van der Waals surface area (Å²) in [5, 5.41) is 6.71. The van der Waals surface area contributed by atoms with Crippen molar-refractivity contribution in [3.63, 3.8) is 0 Å². The van der Waals surface area contributed by atoms with Gasteiger partial charge in [-0.1, -0.05) is 0 Å². The molecule has 0 saturated heterocycles. The molecule has 0 bridgehead atoms. The van der Waals surface area contributed by atoms with Crippen molar-refractivity contribution in [1.29, 1.82) is 0 Å². The maximum absolute atomic E-state index is 5.71. The average Bonchev–Trinajstić information content (AvgIpc) is 2.53. The third kappa shape index (κ3) is 1.35. The monoisotopic (exact) mass is 175 g/mol. The molecule has 0 spiro atoms. The number of rotatable bonds is 1. The van der Waals surface area contributed by atoms with Crippen LogP contribution in [0, 0.1) is 6.92 Å². The quantitative estimate of drug-likeness (QED) is 0.670. The molecule has 0 aliphatic carbocycles. The third-order valence-electron chi connectivity index (χ3n) is 1.65. The zero-order valence-electron chi connectivity index (χ0n) is 7.15. The molecule has 0 amide bonds. The summed E-state index contributed by atoms with van der Waals surface area (Å²) in [6.07, 6.45) is 1.66. The molecule has 13 heavy (non-hydrogen) atoms. The number of hydrogen-bond acceptors (Lipinski definition) is 4. The predicted octanol–water partition coefficient (Wildman–Crippen LogP) is 0.757. The van der Waals surface area contributed by atoms with E-state index in [1.165, 1.54) is 0 Å². The number of nitrogens with two attached hydrogens (primary N) is 1. The maximum atomic E-state index is 5.71. The van der Waals surface area contributed by atoms with E-state index in [-0.39, 0.29) is 0 Å². The van der Waals surface area contributed by atoms with Gasteiger partial charge in [-0.15, -0.1) is 0 Å². The summed E-state index contributed by atoms with van der Waals surface area (Å²) in [4.78, 5) is 8.22. The molecule has 0 radical (unpaired) electrons. The van der Waals surface area contributed by atoms with E-state index in [2.05, 4.69) is 20.2 Å². The molecule has 5 heteroatoms. The van der Waals surface area contributed by atoms with Gasteiger partial charge in [-0.2, -0.15) is 5.10 Å². The smallest absolute Gasteiger partial charge is 0.201 e. The van der Waals surface area contributed by atoms with Gasteiger partial charge in [-0.05, 0) is 19.1 Å². The van der Waals surface area contributed by atoms with Crippen LogP contribution in [0.4, 0.5) is 5.69 Å². The minimum Gasteiger partial charge on any atom is -0.397 e. The van der Waals surface area contributed by atoms with Crippen LogP contribution in [0.1, 0.15) is 5.82 Å². The zero-order chi connectivity index (χ0) is 9.26. The van der Waals surface area contributed by atoms with Crippen LogP contribution in [0.5, 0.6) is 0 Å². The zero-order valence-corrected chi connectivity index (χ0v) is 7.15. The fourth-order valence-corrected chi connectivity index (χ4v) is 1.05. The molecule has 2 heterocycles. The Morgan fingerprint density at radius 2 is 2.31 bits per heavy atom. The molecular weight excluding hydrogens is 166 g/mol. The summed E-state index contributed by atoms with van der Waals surface area (Å²) in [6.45, 7) is 1.83. The molecular formula is C8H9N5. The van der Waals surface area contributed by atoms with E-state index in [0.717, 1.165) is 5.82 Å². The normalized spacial score (nSPS) is 10.2. The second-order valence-corrected chi connectivity index (χ2v) is 2.69. The molecule has 3 N–H and O–H groups in total. The van der Waals surface area contributed by atoms with E-state index < -0.39 is 0 Å². The Hall–Kier alpha value is -1.91. The van der Waals surface area contributed by atoms with E-state index in [1.807, 2.05) is 6.92 Å². The highest BCUT2D eigenvalue weighted by Gasteiger charge is 2.07. The molecule has 5 nitrogen and oxygen atoms in total. The van der Waals surface area contributed by atoms with Crippen molar-refractivity contribution >= 4 is 5.69 Å². The number of H-pyrrole nitrogens is 1. The number of nitrogen functional groups attached to an aromatic ring is 1. The van der Waals surface area contributed by atoms with Gasteiger partial charge in [0.15, 0.2) is 0 Å². The number of aromatic amines is 1. The van der Waals surface area contributed by atoms with Crippen LogP contribution in [0.15, 0.2) is 18.3 Å². The number of hydrogen-bond donors (Lipinski definition) is 2. The van der Waals surface area contributed by atoms with Crippen molar-refractivity contribution < 1.29 is 0 Å². The highest BCUT2D eigenvalue weighted by Crippen LogP contribution is 2.17. The van der Waals surface area contributed by atoms with Gasteiger partial charge in [0.2, 0.25) is 5.82 Å². The van der Waals surface area contributed by atoms with Crippen LogP contribution >= 0.6 is 0 Å². The minimum atomic E-state index is 0.538. The van der Waals surface area contributed by atoms with Gasteiger partial charge in [0.05, 0.1) is 5.69 Å². The molecule has 2 rings (SSSR count). The van der Waals surface area contributed by atoms with Gasteiger partial charge < -0.3 is 5.73 Å². The largest absolute Gasteiger partial charge is 0.397 e. The molecule has 66 valence electrons. The fourth-order valence-electron chi connectivity index (χ4n) is 1.05. The first kappa shape index (κ1) is 7.72. The maximum Gasteiger partial charge on any atom is 0.201 e. The number of nitrogens with one attached hydrogen (secondary N) is 1. The Kier molecular flexibility index (Phi) is 1.70. The number of anilines is 1. The van der Waals surface area contributed by atoms with Gasteiger partial charge in [0.25, 0.3) is 0 Å². The van der Waals surface area contributed by atoms with Gasteiger partial charge in [-0.25, -0.2) is 4.98 Å². The average molecular weight is 175 g/mol. The SMILES string of the molecule is Cc1nc(-c2ncccc2N)n[nH]1. The van der Waals surface area contributed by atoms with Crippen LogP contribution < -0.4 is 5.73 Å². The lowest BCUT2D eigenvalue weighted by atomic mass is 10.3. The molecule has 0 saturated carbocycles. The first-order valence-electron chi connectivity index (χ1n) is 3.87. The Morgan fingerprint density at radius 1 is 1.46 bits per heavy atom. The minimum absolute atomic E-state index is 0.538. The molecule has 0 aliphatic rings. The molecule has 2 aromatic heterocycles. The van der Waals surface area contributed by atoms with Crippen molar-refractivity contribution in [2.45, 2.75) is 6.92 Å². The van der Waals surface area contributed by atoms with Gasteiger partial charge >= 0.3 is 0 Å². The van der Waals surface area contributed by atoms with Crippen molar-refractivity contribution in [1.82, 2.24) is 20.2 Å². The molecule has 0 aliphatic heterocycles. The Morgan fingerprint density at radius 3 is 2.92 bits per heavy atom. The number of pyridine rings is 1. The van der Waals surface area contributed by atoms with Crippen LogP contribution in [0.2, 0.25) is 0 Å². The van der Waals surface area contributed by atoms with Crippen molar-refractivity contribution in [2.24, 2.45) is 0 Å². The Labute approximate surface area is 75.0 Å². The molecule has 0 aromatic carbocycles. The van der Waals surface area contributed by atoms with E-state index in [1.54, 1.807) is 18.3 Å². The van der Waals surface area contributed by atoms with Gasteiger partial charge in [0, 0.05) is 6.20 Å². The van der Waals surface area contributed by atoms with Crippen molar-refractivity contribution in [3.05, 3.63) is 24.2 Å². The first-order chi connectivity index (χ1) is 6.27. The van der Waals surface area contributed by atoms with Gasteiger partial charge in [0.1, 0.15) is 11.5 Å². The van der Waals surface area contributed by atoms with Crippen LogP contribution in [-0.4, -0.2) is 20.2 Å². The summed E-state index contributed by atoms with van der Waals surface area (Å²) >= 11 is 0. The standard InChI is InChI=1S/C8H9N5/c1-5-11-8(13-12-5)7-6(9)3-2-4-10-7/h2-4H,9H2,1H3,(H,11,12,13). The van der Waals surface area contributed by atoms with E-state index in [0.29, 0.717) is 17.2 Å². The lowest BCUT2D eigenvalue weighted by molar-refractivity contribution is 1.04. The number of aromatic nitrogens is 4.